The molecule has 0 aliphatic carbocycles. The number of rotatable bonds is 5. The molecule has 0 aromatic rings. The van der Waals surface area contributed by atoms with Crippen molar-refractivity contribution in [3.8, 4) is 0 Å². The molecule has 4 atom stereocenters. The van der Waals surface area contributed by atoms with Crippen LogP contribution in [0.25, 0.3) is 10.4 Å². The average Bonchev–Trinajstić information content (AvgIpc) is 2.38. The Morgan fingerprint density at radius 1 is 1.40 bits per heavy atom. The molecule has 1 aliphatic heterocycles. The summed E-state index contributed by atoms with van der Waals surface area (Å²) in [5.41, 5.74) is 8.58. The molecule has 9 heteroatoms. The number of esters is 2. The van der Waals surface area contributed by atoms with Crippen LogP contribution in [-0.2, 0) is 28.5 Å². The van der Waals surface area contributed by atoms with Gasteiger partial charge in [0, 0.05) is 32.3 Å². The summed E-state index contributed by atoms with van der Waals surface area (Å²) < 4.78 is 20.6. The Hall–Kier alpha value is -1.83. The smallest absolute Gasteiger partial charge is 0.303 e. The van der Waals surface area contributed by atoms with E-state index in [1.165, 1.54) is 21.0 Å². The molecule has 1 saturated heterocycles. The Labute approximate surface area is 115 Å². The standard InChI is InChI=1S/C11H17N3O6/c1-6(15)18-5-9-11(19-7(2)16)8(13-14-12)4-10(17-3)20-9/h8-11H,4-5H2,1-3H3/t8-,9-,10+,11+/m1/s1. The van der Waals surface area contributed by atoms with Crippen molar-refractivity contribution in [2.24, 2.45) is 5.11 Å². The zero-order valence-corrected chi connectivity index (χ0v) is 11.5. The first-order valence-corrected chi connectivity index (χ1v) is 6.01. The molecule has 0 aromatic carbocycles. The lowest BCUT2D eigenvalue weighted by atomic mass is 9.99. The van der Waals surface area contributed by atoms with Crippen molar-refractivity contribution in [1.82, 2.24) is 0 Å². The predicted octanol–water partition coefficient (Wildman–Crippen LogP) is 0.921. The van der Waals surface area contributed by atoms with Gasteiger partial charge in [0.2, 0.25) is 0 Å². The number of hydrogen-bond donors (Lipinski definition) is 0. The van der Waals surface area contributed by atoms with Gasteiger partial charge in [-0.15, -0.1) is 0 Å². The normalized spacial score (nSPS) is 29.1. The van der Waals surface area contributed by atoms with Crippen LogP contribution in [0.2, 0.25) is 0 Å². The minimum atomic E-state index is -0.825. The van der Waals surface area contributed by atoms with E-state index in [0.717, 1.165) is 0 Å². The van der Waals surface area contributed by atoms with Gasteiger partial charge < -0.3 is 18.9 Å². The van der Waals surface area contributed by atoms with E-state index in [-0.39, 0.29) is 13.0 Å². The summed E-state index contributed by atoms with van der Waals surface area (Å²) in [7, 11) is 1.44. The number of hydrogen-bond acceptors (Lipinski definition) is 7. The van der Waals surface area contributed by atoms with E-state index in [1.54, 1.807) is 0 Å². The van der Waals surface area contributed by atoms with Gasteiger partial charge in [-0.2, -0.15) is 0 Å². The second-order valence-corrected chi connectivity index (χ2v) is 4.22. The number of ether oxygens (including phenoxy) is 4. The highest BCUT2D eigenvalue weighted by molar-refractivity contribution is 5.66. The maximum atomic E-state index is 11.1. The highest BCUT2D eigenvalue weighted by Gasteiger charge is 2.41. The fraction of sp³-hybridized carbons (Fsp3) is 0.818. The lowest BCUT2D eigenvalue weighted by Crippen LogP contribution is -2.52. The topological polar surface area (TPSA) is 120 Å². The van der Waals surface area contributed by atoms with Crippen LogP contribution < -0.4 is 0 Å². The molecule has 0 unspecified atom stereocenters. The summed E-state index contributed by atoms with van der Waals surface area (Å²) in [5, 5.41) is 3.60. The monoisotopic (exact) mass is 287 g/mol. The molecule has 9 nitrogen and oxygen atoms in total. The van der Waals surface area contributed by atoms with Crippen LogP contribution in [-0.4, -0.2) is 50.2 Å². The molecule has 0 spiro atoms. The molecule has 0 saturated carbocycles. The molecule has 1 fully saturated rings. The molecule has 20 heavy (non-hydrogen) atoms. The molecule has 1 heterocycles. The molecule has 1 rings (SSSR count). The maximum absolute atomic E-state index is 11.1. The van der Waals surface area contributed by atoms with Gasteiger partial charge in [0.25, 0.3) is 0 Å². The summed E-state index contributed by atoms with van der Waals surface area (Å²) in [4.78, 5) is 24.7. The largest absolute Gasteiger partial charge is 0.463 e. The second-order valence-electron chi connectivity index (χ2n) is 4.22. The first-order valence-electron chi connectivity index (χ1n) is 6.01. The third-order valence-corrected chi connectivity index (χ3v) is 2.72. The molecule has 0 aromatic heterocycles. The third-order valence-electron chi connectivity index (χ3n) is 2.72. The SMILES string of the molecule is CO[C@@H]1C[C@@H](N=[N+]=[N-])[C@H](OC(C)=O)[C@@H](COC(C)=O)O1. The van der Waals surface area contributed by atoms with Crippen LogP contribution in [0.4, 0.5) is 0 Å². The van der Waals surface area contributed by atoms with Gasteiger partial charge in [-0.25, -0.2) is 0 Å². The molecule has 0 amide bonds. The summed E-state index contributed by atoms with van der Waals surface area (Å²) in [6.45, 7) is 2.37. The minimum absolute atomic E-state index is 0.120. The molecule has 1 aliphatic rings. The predicted molar refractivity (Wildman–Crippen MR) is 65.4 cm³/mol. The maximum Gasteiger partial charge on any atom is 0.303 e. The highest BCUT2D eigenvalue weighted by atomic mass is 16.7. The van der Waals surface area contributed by atoms with Crippen LogP contribution in [0.1, 0.15) is 20.3 Å². The Balaban J connectivity index is 2.88. The van der Waals surface area contributed by atoms with Crippen LogP contribution >= 0.6 is 0 Å². The fourth-order valence-corrected chi connectivity index (χ4v) is 1.92. The van der Waals surface area contributed by atoms with E-state index in [9.17, 15) is 9.59 Å². The lowest BCUT2D eigenvalue weighted by molar-refractivity contribution is -0.234. The Morgan fingerprint density at radius 3 is 2.60 bits per heavy atom. The van der Waals surface area contributed by atoms with Crippen molar-refractivity contribution in [2.75, 3.05) is 13.7 Å². The van der Waals surface area contributed by atoms with Crippen LogP contribution in [0.5, 0.6) is 0 Å². The second kappa shape index (κ2) is 7.68. The molecule has 0 radical (unpaired) electrons. The number of nitrogens with zero attached hydrogens (tertiary/aromatic N) is 3. The van der Waals surface area contributed by atoms with Gasteiger partial charge in [-0.3, -0.25) is 9.59 Å². The molecular weight excluding hydrogens is 270 g/mol. The number of carbonyl (C=O) groups is 2. The summed E-state index contributed by atoms with van der Waals surface area (Å²) in [6, 6.07) is -0.650. The van der Waals surface area contributed by atoms with Crippen LogP contribution in [0, 0.1) is 0 Å². The summed E-state index contributed by atoms with van der Waals surface area (Å²) in [5.74, 6) is -1.03. The quantitative estimate of drug-likeness (QED) is 0.321. The van der Waals surface area contributed by atoms with Crippen molar-refractivity contribution in [1.29, 1.82) is 0 Å². The highest BCUT2D eigenvalue weighted by Crippen LogP contribution is 2.26. The first kappa shape index (κ1) is 16.2. The van der Waals surface area contributed by atoms with Gasteiger partial charge in [-0.05, 0) is 5.53 Å². The van der Waals surface area contributed by atoms with E-state index in [1.807, 2.05) is 0 Å². The summed E-state index contributed by atoms with van der Waals surface area (Å²) >= 11 is 0. The van der Waals surface area contributed by atoms with E-state index in [4.69, 9.17) is 24.5 Å². The Bertz CT molecular complexity index is 409. The summed E-state index contributed by atoms with van der Waals surface area (Å²) in [6.07, 6.45) is -1.96. The minimum Gasteiger partial charge on any atom is -0.463 e. The zero-order chi connectivity index (χ0) is 15.1. The number of azide groups is 1. The molecular formula is C11H17N3O6. The van der Waals surface area contributed by atoms with Gasteiger partial charge in [0.05, 0.1) is 6.04 Å². The molecule has 0 bridgehead atoms. The molecule has 112 valence electrons. The third kappa shape index (κ3) is 4.69. The average molecular weight is 287 g/mol. The Morgan fingerprint density at radius 2 is 2.10 bits per heavy atom. The van der Waals surface area contributed by atoms with E-state index in [0.29, 0.717) is 0 Å². The Kier molecular flexibility index (Phi) is 6.23. The van der Waals surface area contributed by atoms with E-state index >= 15 is 0 Å². The van der Waals surface area contributed by atoms with Crippen molar-refractivity contribution in [2.45, 2.75) is 44.8 Å². The van der Waals surface area contributed by atoms with Gasteiger partial charge in [-0.1, -0.05) is 5.11 Å². The van der Waals surface area contributed by atoms with E-state index < -0.39 is 36.5 Å². The number of methoxy groups -OCH3 is 1. The van der Waals surface area contributed by atoms with Gasteiger partial charge in [0.15, 0.2) is 6.29 Å². The van der Waals surface area contributed by atoms with Crippen molar-refractivity contribution in [3.05, 3.63) is 10.4 Å². The van der Waals surface area contributed by atoms with Crippen molar-refractivity contribution in [3.63, 3.8) is 0 Å². The van der Waals surface area contributed by atoms with Crippen molar-refractivity contribution < 1.29 is 28.5 Å². The van der Waals surface area contributed by atoms with Crippen LogP contribution in [0.15, 0.2) is 5.11 Å². The zero-order valence-electron chi connectivity index (χ0n) is 11.5. The first-order chi connectivity index (χ1) is 9.47. The van der Waals surface area contributed by atoms with Gasteiger partial charge >= 0.3 is 11.9 Å². The van der Waals surface area contributed by atoms with Crippen LogP contribution in [0.3, 0.4) is 0 Å². The van der Waals surface area contributed by atoms with Crippen molar-refractivity contribution >= 4 is 11.9 Å². The number of carbonyl (C=O) groups excluding carboxylic acids is 2. The lowest BCUT2D eigenvalue weighted by Gasteiger charge is -2.38. The van der Waals surface area contributed by atoms with Gasteiger partial charge in [0.1, 0.15) is 18.8 Å². The molecule has 0 N–H and O–H groups in total. The van der Waals surface area contributed by atoms with E-state index in [2.05, 4.69) is 10.0 Å². The fourth-order valence-electron chi connectivity index (χ4n) is 1.92.